The Labute approximate surface area is 94.2 Å². The minimum absolute atomic E-state index is 0.408. The summed E-state index contributed by atoms with van der Waals surface area (Å²) in [5.74, 6) is 0. The van der Waals surface area contributed by atoms with Gasteiger partial charge in [0.2, 0.25) is 0 Å². The van der Waals surface area contributed by atoms with Crippen LogP contribution in [-0.4, -0.2) is 50.3 Å². The van der Waals surface area contributed by atoms with Crippen LogP contribution in [0.25, 0.3) is 0 Å². The maximum absolute atomic E-state index is 5.59. The molecule has 1 rings (SSSR count). The molecule has 1 saturated heterocycles. The van der Waals surface area contributed by atoms with Crippen LogP contribution < -0.4 is 5.32 Å². The normalized spacial score (nSPS) is 19.6. The van der Waals surface area contributed by atoms with E-state index in [0.29, 0.717) is 6.10 Å². The standard InChI is InChI=1S/C12H26N2O/c1-3-12(2)15-11-7-13-6-10-14-8-4-5-9-14/h12-13H,3-11H2,1-2H3. The fourth-order valence-electron chi connectivity index (χ4n) is 1.82. The minimum Gasteiger partial charge on any atom is -0.377 e. The Morgan fingerprint density at radius 2 is 2.00 bits per heavy atom. The van der Waals surface area contributed by atoms with Gasteiger partial charge < -0.3 is 15.0 Å². The highest BCUT2D eigenvalue weighted by Gasteiger charge is 2.09. The zero-order valence-corrected chi connectivity index (χ0v) is 10.3. The van der Waals surface area contributed by atoms with Crippen molar-refractivity contribution in [3.8, 4) is 0 Å². The number of hydrogen-bond donors (Lipinski definition) is 1. The molecule has 90 valence electrons. The lowest BCUT2D eigenvalue weighted by Gasteiger charge is -2.15. The highest BCUT2D eigenvalue weighted by Crippen LogP contribution is 2.05. The number of nitrogens with one attached hydrogen (secondary N) is 1. The Bertz CT molecular complexity index is 147. The van der Waals surface area contributed by atoms with Crippen LogP contribution in [0.15, 0.2) is 0 Å². The predicted octanol–water partition coefficient (Wildman–Crippen LogP) is 1.49. The third-order valence-corrected chi connectivity index (χ3v) is 3.06. The molecular weight excluding hydrogens is 188 g/mol. The van der Waals surface area contributed by atoms with E-state index in [4.69, 9.17) is 4.74 Å². The van der Waals surface area contributed by atoms with Crippen molar-refractivity contribution < 1.29 is 4.74 Å². The first-order chi connectivity index (χ1) is 7.33. The summed E-state index contributed by atoms with van der Waals surface area (Å²) in [4.78, 5) is 2.53. The van der Waals surface area contributed by atoms with Gasteiger partial charge in [0.15, 0.2) is 0 Å². The SMILES string of the molecule is CCC(C)OCCNCCN1CCCC1. The molecule has 0 saturated carbocycles. The Morgan fingerprint density at radius 3 is 2.67 bits per heavy atom. The van der Waals surface area contributed by atoms with E-state index in [1.807, 2.05) is 0 Å². The second-order valence-electron chi connectivity index (χ2n) is 4.39. The third kappa shape index (κ3) is 6.13. The van der Waals surface area contributed by atoms with Gasteiger partial charge in [-0.05, 0) is 39.3 Å². The van der Waals surface area contributed by atoms with Crippen LogP contribution in [0.4, 0.5) is 0 Å². The molecule has 0 spiro atoms. The quantitative estimate of drug-likeness (QED) is 0.620. The molecule has 0 radical (unpaired) electrons. The summed E-state index contributed by atoms with van der Waals surface area (Å²) in [7, 11) is 0. The highest BCUT2D eigenvalue weighted by molar-refractivity contribution is 4.66. The smallest absolute Gasteiger partial charge is 0.0594 e. The summed E-state index contributed by atoms with van der Waals surface area (Å²) in [5, 5.41) is 3.43. The second-order valence-corrected chi connectivity index (χ2v) is 4.39. The first-order valence-corrected chi connectivity index (χ1v) is 6.37. The van der Waals surface area contributed by atoms with E-state index in [2.05, 4.69) is 24.1 Å². The van der Waals surface area contributed by atoms with E-state index < -0.39 is 0 Å². The molecule has 1 atom stereocenters. The van der Waals surface area contributed by atoms with Crippen molar-refractivity contribution >= 4 is 0 Å². The summed E-state index contributed by atoms with van der Waals surface area (Å²) >= 11 is 0. The van der Waals surface area contributed by atoms with E-state index >= 15 is 0 Å². The Balaban J connectivity index is 1.80. The van der Waals surface area contributed by atoms with Crippen LogP contribution in [0.3, 0.4) is 0 Å². The molecule has 0 amide bonds. The summed E-state index contributed by atoms with van der Waals surface area (Å²) in [5.41, 5.74) is 0. The molecule has 1 fully saturated rings. The molecule has 1 aliphatic heterocycles. The van der Waals surface area contributed by atoms with Crippen molar-refractivity contribution in [1.29, 1.82) is 0 Å². The molecule has 0 aromatic heterocycles. The fraction of sp³-hybridized carbons (Fsp3) is 1.00. The summed E-state index contributed by atoms with van der Waals surface area (Å²) < 4.78 is 5.59. The van der Waals surface area contributed by atoms with Gasteiger partial charge in [-0.1, -0.05) is 6.92 Å². The summed E-state index contributed by atoms with van der Waals surface area (Å²) in [6.45, 7) is 11.0. The molecule has 0 aliphatic carbocycles. The number of rotatable bonds is 8. The maximum atomic E-state index is 5.59. The summed E-state index contributed by atoms with van der Waals surface area (Å²) in [6, 6.07) is 0. The van der Waals surface area contributed by atoms with Crippen molar-refractivity contribution in [2.45, 2.75) is 39.2 Å². The molecule has 0 aromatic rings. The van der Waals surface area contributed by atoms with Gasteiger partial charge in [0.05, 0.1) is 12.7 Å². The number of likely N-dealkylation sites (tertiary alicyclic amines) is 1. The Hall–Kier alpha value is -0.120. The lowest BCUT2D eigenvalue weighted by molar-refractivity contribution is 0.0654. The predicted molar refractivity (Wildman–Crippen MR) is 64.2 cm³/mol. The van der Waals surface area contributed by atoms with Gasteiger partial charge in [0.1, 0.15) is 0 Å². The average molecular weight is 214 g/mol. The minimum atomic E-state index is 0.408. The van der Waals surface area contributed by atoms with Crippen LogP contribution in [0.1, 0.15) is 33.1 Å². The van der Waals surface area contributed by atoms with E-state index in [9.17, 15) is 0 Å². The monoisotopic (exact) mass is 214 g/mol. The second kappa shape index (κ2) is 8.08. The largest absolute Gasteiger partial charge is 0.377 e. The number of hydrogen-bond acceptors (Lipinski definition) is 3. The van der Waals surface area contributed by atoms with Gasteiger partial charge in [0, 0.05) is 19.6 Å². The molecule has 1 N–H and O–H groups in total. The molecule has 0 bridgehead atoms. The zero-order chi connectivity index (χ0) is 10.9. The van der Waals surface area contributed by atoms with Crippen LogP contribution in [0, 0.1) is 0 Å². The Morgan fingerprint density at radius 1 is 1.27 bits per heavy atom. The molecule has 3 nitrogen and oxygen atoms in total. The van der Waals surface area contributed by atoms with E-state index in [1.54, 1.807) is 0 Å². The summed E-state index contributed by atoms with van der Waals surface area (Å²) in [6.07, 6.45) is 4.28. The third-order valence-electron chi connectivity index (χ3n) is 3.06. The first kappa shape index (κ1) is 12.9. The van der Waals surface area contributed by atoms with Crippen LogP contribution >= 0.6 is 0 Å². The van der Waals surface area contributed by atoms with Crippen molar-refractivity contribution in [2.24, 2.45) is 0 Å². The van der Waals surface area contributed by atoms with Gasteiger partial charge in [-0.25, -0.2) is 0 Å². The molecule has 0 aromatic carbocycles. The lowest BCUT2D eigenvalue weighted by Crippen LogP contribution is -2.32. The zero-order valence-electron chi connectivity index (χ0n) is 10.3. The molecule has 15 heavy (non-hydrogen) atoms. The Kier molecular flexibility index (Phi) is 6.98. The van der Waals surface area contributed by atoms with Crippen molar-refractivity contribution in [2.75, 3.05) is 39.3 Å². The molecular formula is C12H26N2O. The van der Waals surface area contributed by atoms with Crippen molar-refractivity contribution in [1.82, 2.24) is 10.2 Å². The van der Waals surface area contributed by atoms with E-state index in [0.717, 1.165) is 26.1 Å². The van der Waals surface area contributed by atoms with Gasteiger partial charge in [-0.2, -0.15) is 0 Å². The molecule has 3 heteroatoms. The number of nitrogens with zero attached hydrogens (tertiary/aromatic N) is 1. The molecule has 1 aliphatic rings. The lowest BCUT2D eigenvalue weighted by atomic mass is 10.3. The van der Waals surface area contributed by atoms with Gasteiger partial charge in [0.25, 0.3) is 0 Å². The van der Waals surface area contributed by atoms with Gasteiger partial charge >= 0.3 is 0 Å². The van der Waals surface area contributed by atoms with E-state index in [-0.39, 0.29) is 0 Å². The van der Waals surface area contributed by atoms with Crippen LogP contribution in [0.5, 0.6) is 0 Å². The van der Waals surface area contributed by atoms with Crippen molar-refractivity contribution in [3.05, 3.63) is 0 Å². The van der Waals surface area contributed by atoms with Crippen LogP contribution in [0.2, 0.25) is 0 Å². The van der Waals surface area contributed by atoms with E-state index in [1.165, 1.54) is 32.5 Å². The fourth-order valence-corrected chi connectivity index (χ4v) is 1.82. The topological polar surface area (TPSA) is 24.5 Å². The molecule has 1 heterocycles. The van der Waals surface area contributed by atoms with Gasteiger partial charge in [-0.15, -0.1) is 0 Å². The highest BCUT2D eigenvalue weighted by atomic mass is 16.5. The number of ether oxygens (including phenoxy) is 1. The maximum Gasteiger partial charge on any atom is 0.0594 e. The van der Waals surface area contributed by atoms with Gasteiger partial charge in [-0.3, -0.25) is 0 Å². The van der Waals surface area contributed by atoms with Crippen LogP contribution in [-0.2, 0) is 4.74 Å². The first-order valence-electron chi connectivity index (χ1n) is 6.37. The molecule has 1 unspecified atom stereocenters. The average Bonchev–Trinajstić information content (AvgIpc) is 2.75. The van der Waals surface area contributed by atoms with Crippen molar-refractivity contribution in [3.63, 3.8) is 0 Å².